The van der Waals surface area contributed by atoms with Gasteiger partial charge in [0.2, 0.25) is 0 Å². The molecule has 2 aromatic heterocycles. The molecule has 23 rings (SSSR count). The van der Waals surface area contributed by atoms with Gasteiger partial charge < -0.3 is 18.8 Å². The Morgan fingerprint density at radius 2 is 0.592 bits per heavy atom. The molecule has 4 nitrogen and oxygen atoms in total. The van der Waals surface area contributed by atoms with Gasteiger partial charge in [-0.05, 0) is 285 Å². The van der Waals surface area contributed by atoms with E-state index in [-0.39, 0.29) is 26.2 Å². The average Bonchev–Trinajstić information content (AvgIpc) is 0.942. The van der Waals surface area contributed by atoms with Crippen LogP contribution in [-0.4, -0.2) is 43.9 Å². The van der Waals surface area contributed by atoms with Gasteiger partial charge in [0.1, 0.15) is 11.5 Å². The zero-order valence-electron chi connectivity index (χ0n) is 68.5. The zero-order valence-corrected chi connectivity index (χ0v) is 74.2. The number of hydrogen-bond donors (Lipinski definition) is 0. The normalized spacial score (nSPS) is 15.1. The van der Waals surface area contributed by atoms with E-state index in [0.29, 0.717) is 0 Å². The lowest BCUT2D eigenvalue weighted by Crippen LogP contribution is -2.41. The summed E-state index contributed by atoms with van der Waals surface area (Å²) in [5.74, 6) is 1.83. The van der Waals surface area contributed by atoms with Crippen LogP contribution >= 0.6 is 62.5 Å². The van der Waals surface area contributed by atoms with Crippen LogP contribution in [0.25, 0.3) is 171 Å². The Kier molecular flexibility index (Phi) is 21.5. The van der Waals surface area contributed by atoms with E-state index in [1.54, 1.807) is 19.5 Å². The number of benzene rings is 18. The molecular formula is C110H92BBr2O4PS2. The fourth-order valence-electron chi connectivity index (χ4n) is 19.5. The largest absolute Gasteiger partial charge is 0.496 e. The molecule has 0 bridgehead atoms. The highest BCUT2D eigenvalue weighted by molar-refractivity contribution is 9.10. The topological polar surface area (TPSA) is 36.9 Å². The fourth-order valence-corrected chi connectivity index (χ4v) is 26.3. The van der Waals surface area contributed by atoms with Gasteiger partial charge in [-0.25, -0.2) is 0 Å². The second-order valence-corrected chi connectivity index (χ2v) is 40.4. The van der Waals surface area contributed by atoms with Crippen molar-refractivity contribution in [2.75, 3.05) is 14.2 Å². The van der Waals surface area contributed by atoms with Crippen LogP contribution in [-0.2, 0) is 9.31 Å². The maximum atomic E-state index is 6.28. The van der Waals surface area contributed by atoms with Gasteiger partial charge in [0.25, 0.3) is 0 Å². The predicted octanol–water partition coefficient (Wildman–Crippen LogP) is 32.5. The average molecular weight is 1740 g/mol. The van der Waals surface area contributed by atoms with Gasteiger partial charge in [0, 0.05) is 49.3 Å². The second kappa shape index (κ2) is 32.9. The van der Waals surface area contributed by atoms with E-state index in [0.717, 1.165) is 42.8 Å². The first kappa shape index (κ1) is 78.3. The van der Waals surface area contributed by atoms with Gasteiger partial charge in [0.15, 0.2) is 0 Å². The Hall–Kier alpha value is -10.3. The Morgan fingerprint density at radius 1 is 0.300 bits per heavy atom. The molecule has 590 valence electrons. The SMILES string of the molecule is Brc1ccc2sc3ccc(Br)cc3c2c1.CC1(C)OB(c2ccc3c4ccccc4c4ccccc4c3c2)OC1(C)C.COc1cccc(OC)c1-c1ccccc1P(C1CCCCC1)C1CCCCC1.c1ccc2c(c1)c1ccccc1c1cc(-c3ccc4sc5ccc(-c6ccc7c8ccccc8c8ccccc8c7c6)cc5c4c3)ccc21. The monoisotopic (exact) mass is 1740 g/mol. The van der Waals surface area contributed by atoms with Crippen LogP contribution in [0.3, 0.4) is 0 Å². The van der Waals surface area contributed by atoms with Crippen molar-refractivity contribution in [2.45, 2.75) is 114 Å². The maximum absolute atomic E-state index is 6.28. The molecule has 0 atom stereocenters. The Morgan fingerprint density at radius 3 is 0.958 bits per heavy atom. The molecule has 0 N–H and O–H groups in total. The summed E-state index contributed by atoms with van der Waals surface area (Å²) in [4.78, 5) is 0. The number of rotatable bonds is 9. The molecule has 20 aromatic rings. The summed E-state index contributed by atoms with van der Waals surface area (Å²) in [6.07, 6.45) is 14.2. The summed E-state index contributed by atoms with van der Waals surface area (Å²) in [5, 5.41) is 30.2. The van der Waals surface area contributed by atoms with Gasteiger partial charge in [-0.2, -0.15) is 0 Å². The molecule has 2 aliphatic carbocycles. The molecule has 3 heterocycles. The number of methoxy groups -OCH3 is 2. The molecular weight excluding hydrogens is 1650 g/mol. The minimum atomic E-state index is -0.343. The van der Waals surface area contributed by atoms with Crippen molar-refractivity contribution in [3.8, 4) is 44.9 Å². The second-order valence-electron chi connectivity index (χ2n) is 33.6. The lowest BCUT2D eigenvalue weighted by atomic mass is 9.77. The smallest absolute Gasteiger partial charge is 0.494 e. The molecule has 2 saturated carbocycles. The van der Waals surface area contributed by atoms with E-state index in [1.807, 2.05) is 28.7 Å². The van der Waals surface area contributed by atoms with Crippen LogP contribution in [0.1, 0.15) is 91.9 Å². The Labute approximate surface area is 728 Å². The van der Waals surface area contributed by atoms with Crippen molar-refractivity contribution in [2.24, 2.45) is 0 Å². The minimum Gasteiger partial charge on any atom is -0.496 e. The summed E-state index contributed by atoms with van der Waals surface area (Å²) in [7, 11) is 3.01. The molecule has 18 aromatic carbocycles. The van der Waals surface area contributed by atoms with Crippen LogP contribution in [0, 0.1) is 0 Å². The Bertz CT molecular complexity index is 6950. The van der Waals surface area contributed by atoms with Crippen molar-refractivity contribution in [1.82, 2.24) is 0 Å². The van der Waals surface area contributed by atoms with E-state index >= 15 is 0 Å². The van der Waals surface area contributed by atoms with E-state index in [2.05, 4.69) is 369 Å². The zero-order chi connectivity index (χ0) is 81.3. The third kappa shape index (κ3) is 14.5. The molecule has 0 unspecified atom stereocenters. The highest BCUT2D eigenvalue weighted by Crippen LogP contribution is 2.58. The molecule has 3 fully saturated rings. The van der Waals surface area contributed by atoms with Crippen molar-refractivity contribution in [3.63, 3.8) is 0 Å². The molecule has 1 saturated heterocycles. The van der Waals surface area contributed by atoms with Gasteiger partial charge in [-0.3, -0.25) is 0 Å². The van der Waals surface area contributed by atoms with Crippen LogP contribution in [0.2, 0.25) is 0 Å². The van der Waals surface area contributed by atoms with E-state index in [1.165, 1.54) is 229 Å². The van der Waals surface area contributed by atoms with Crippen LogP contribution in [0.4, 0.5) is 0 Å². The Balaban J connectivity index is 0.000000111. The fraction of sp³-hybridized carbons (Fsp3) is 0.182. The predicted molar refractivity (Wildman–Crippen MR) is 530 cm³/mol. The molecule has 1 aliphatic heterocycles. The maximum Gasteiger partial charge on any atom is 0.494 e. The molecule has 0 spiro atoms. The first-order valence-corrected chi connectivity index (χ1v) is 47.1. The van der Waals surface area contributed by atoms with Crippen molar-refractivity contribution in [1.29, 1.82) is 0 Å². The van der Waals surface area contributed by atoms with Gasteiger partial charge in [-0.15, -0.1) is 22.7 Å². The molecule has 3 aliphatic rings. The van der Waals surface area contributed by atoms with Gasteiger partial charge in [0.05, 0.1) is 31.0 Å². The summed E-state index contributed by atoms with van der Waals surface area (Å²) < 4.78 is 31.7. The third-order valence-electron chi connectivity index (χ3n) is 26.1. The minimum absolute atomic E-state index is 0.182. The number of ether oxygens (including phenoxy) is 2. The van der Waals surface area contributed by atoms with E-state index in [9.17, 15) is 0 Å². The summed E-state index contributed by atoms with van der Waals surface area (Å²) in [6, 6.07) is 115. The van der Waals surface area contributed by atoms with E-state index in [4.69, 9.17) is 18.8 Å². The molecule has 10 heteroatoms. The highest BCUT2D eigenvalue weighted by atomic mass is 79.9. The summed E-state index contributed by atoms with van der Waals surface area (Å²) in [6.45, 7) is 8.38. The number of fused-ring (bicyclic) bond motifs is 24. The molecule has 0 radical (unpaired) electrons. The van der Waals surface area contributed by atoms with Crippen LogP contribution < -0.4 is 20.2 Å². The standard InChI is InChI=1S/C48H28S.C26H35O2P.C24H23BO2.C12H6Br2S/c1-3-13-37-33(9-1)35-11-5-7-15-39(35)43-25-29(17-21-41(37)43)31-19-23-47-45(27-31)46-28-32(20-24-48(46)49-47)30-18-22-42-38-14-4-2-10-34(38)36-12-6-8-16-40(36)44(42)26-30;1-27-23-17-11-18-24(28-2)26(23)22-16-9-10-19-25(22)29(20-12-5-3-6-13-20)21-14-7-4-8-15-21;1-23(2)24(3,4)27-25(26-23)16-13-14-21-19-11-6-5-9-17(19)18-10-7-8-12-20(18)22(21)15-16;13-7-1-3-11-9(5-7)10-6-8(14)2-4-12(10)15-11/h1-28H;9-11,16-21H,3-8,12-15H2,1-2H3;5-15H,1-4H3;1-6H. The van der Waals surface area contributed by atoms with Gasteiger partial charge >= 0.3 is 7.12 Å². The third-order valence-corrected chi connectivity index (χ3v) is 33.0. The quantitative estimate of drug-likeness (QED) is 0.0820. The van der Waals surface area contributed by atoms with Crippen molar-refractivity contribution in [3.05, 3.63) is 324 Å². The summed E-state index contributed by atoms with van der Waals surface area (Å²) >= 11 is 10.7. The van der Waals surface area contributed by atoms with Gasteiger partial charge in [-0.1, -0.05) is 309 Å². The van der Waals surface area contributed by atoms with Crippen LogP contribution in [0.15, 0.2) is 324 Å². The van der Waals surface area contributed by atoms with Crippen LogP contribution in [0.5, 0.6) is 11.5 Å². The number of hydrogen-bond acceptors (Lipinski definition) is 6. The van der Waals surface area contributed by atoms with Crippen molar-refractivity contribution >= 4 is 218 Å². The summed E-state index contributed by atoms with van der Waals surface area (Å²) in [5.41, 5.74) is 9.63. The molecule has 0 amide bonds. The first-order chi connectivity index (χ1) is 58.7. The lowest BCUT2D eigenvalue weighted by Gasteiger charge is -2.39. The lowest BCUT2D eigenvalue weighted by molar-refractivity contribution is 0.00578. The van der Waals surface area contributed by atoms with Crippen molar-refractivity contribution < 1.29 is 18.8 Å². The van der Waals surface area contributed by atoms with E-state index < -0.39 is 0 Å². The highest BCUT2D eigenvalue weighted by Gasteiger charge is 2.52. The number of thiophene rings is 2. The number of halogens is 2. The first-order valence-electron chi connectivity index (χ1n) is 42.4. The molecule has 120 heavy (non-hydrogen) atoms.